The van der Waals surface area contributed by atoms with Crippen LogP contribution in [0.4, 0.5) is 0 Å². The first-order valence-corrected chi connectivity index (χ1v) is 5.23. The molecule has 0 aromatic carbocycles. The van der Waals surface area contributed by atoms with Crippen molar-refractivity contribution in [2.45, 2.75) is 20.3 Å². The third-order valence-corrected chi connectivity index (χ3v) is 1.91. The minimum absolute atomic E-state index is 0.00396. The summed E-state index contributed by atoms with van der Waals surface area (Å²) < 4.78 is 4.95. The second-order valence-corrected chi connectivity index (χ2v) is 3.65. The summed E-state index contributed by atoms with van der Waals surface area (Å²) in [4.78, 5) is 10.9. The van der Waals surface area contributed by atoms with Crippen molar-refractivity contribution < 1.29 is 9.53 Å². The minimum atomic E-state index is -0.0916. The van der Waals surface area contributed by atoms with E-state index in [-0.39, 0.29) is 11.9 Å². The summed E-state index contributed by atoms with van der Waals surface area (Å²) in [6.45, 7) is 4.26. The van der Waals surface area contributed by atoms with Gasteiger partial charge in [0.05, 0.1) is 12.5 Å². The van der Waals surface area contributed by atoms with Crippen molar-refractivity contribution >= 4 is 17.7 Å². The molecule has 0 bridgehead atoms. The molecule has 0 heterocycles. The third-order valence-electron chi connectivity index (χ3n) is 1.21. The van der Waals surface area contributed by atoms with E-state index >= 15 is 0 Å². The molecule has 2 nitrogen and oxygen atoms in total. The predicted octanol–water partition coefficient (Wildman–Crippen LogP) is 1.94. The number of thioether (sulfide) groups is 1. The lowest BCUT2D eigenvalue weighted by atomic mass is 10.2. The molecule has 0 N–H and O–H groups in total. The smallest absolute Gasteiger partial charge is 0.308 e. The van der Waals surface area contributed by atoms with Crippen LogP contribution in [0.15, 0.2) is 0 Å². The van der Waals surface area contributed by atoms with Gasteiger partial charge in [0.1, 0.15) is 0 Å². The molecule has 0 aliphatic heterocycles. The minimum Gasteiger partial charge on any atom is -0.465 e. The van der Waals surface area contributed by atoms with Crippen molar-refractivity contribution in [3.05, 3.63) is 0 Å². The Morgan fingerprint density at radius 3 is 2.64 bits per heavy atom. The normalized spacial score (nSPS) is 10.2. The Morgan fingerprint density at radius 2 is 2.18 bits per heavy atom. The summed E-state index contributed by atoms with van der Waals surface area (Å²) >= 11 is 1.77. The van der Waals surface area contributed by atoms with Crippen molar-refractivity contribution in [2.75, 3.05) is 18.6 Å². The summed E-state index contributed by atoms with van der Waals surface area (Å²) in [5, 5.41) is 0. The Bertz CT molecular complexity index is 113. The SMILES string of the molecule is CSCCCOC(=O)C(C)C. The molecule has 0 unspecified atom stereocenters. The summed E-state index contributed by atoms with van der Waals surface area (Å²) in [6, 6.07) is 0. The van der Waals surface area contributed by atoms with E-state index in [1.165, 1.54) is 0 Å². The van der Waals surface area contributed by atoms with Crippen LogP contribution in [0, 0.1) is 5.92 Å². The summed E-state index contributed by atoms with van der Waals surface area (Å²) in [6.07, 6.45) is 3.00. The van der Waals surface area contributed by atoms with Crippen LogP contribution in [-0.2, 0) is 9.53 Å². The van der Waals surface area contributed by atoms with Crippen molar-refractivity contribution in [1.82, 2.24) is 0 Å². The van der Waals surface area contributed by atoms with E-state index in [1.807, 2.05) is 20.1 Å². The quantitative estimate of drug-likeness (QED) is 0.473. The Kier molecular flexibility index (Phi) is 6.42. The highest BCUT2D eigenvalue weighted by Gasteiger charge is 2.06. The fourth-order valence-corrected chi connectivity index (χ4v) is 0.949. The van der Waals surface area contributed by atoms with Gasteiger partial charge in [-0.25, -0.2) is 0 Å². The van der Waals surface area contributed by atoms with E-state index in [1.54, 1.807) is 11.8 Å². The fourth-order valence-electron chi connectivity index (χ4n) is 0.543. The van der Waals surface area contributed by atoms with Crippen LogP contribution >= 0.6 is 11.8 Å². The van der Waals surface area contributed by atoms with E-state index < -0.39 is 0 Å². The van der Waals surface area contributed by atoms with Gasteiger partial charge in [-0.2, -0.15) is 11.8 Å². The zero-order chi connectivity index (χ0) is 8.69. The van der Waals surface area contributed by atoms with Gasteiger partial charge in [0.25, 0.3) is 0 Å². The van der Waals surface area contributed by atoms with Crippen LogP contribution in [0.2, 0.25) is 0 Å². The molecule has 0 radical (unpaired) electrons. The average molecular weight is 176 g/mol. The first-order valence-electron chi connectivity index (χ1n) is 3.84. The van der Waals surface area contributed by atoms with E-state index in [2.05, 4.69) is 0 Å². The number of rotatable bonds is 5. The Morgan fingerprint density at radius 1 is 1.55 bits per heavy atom. The molecule has 0 aliphatic carbocycles. The Balaban J connectivity index is 3.18. The summed E-state index contributed by atoms with van der Waals surface area (Å²) in [7, 11) is 0. The third kappa shape index (κ3) is 6.23. The molecule has 66 valence electrons. The lowest BCUT2D eigenvalue weighted by Gasteiger charge is -2.05. The molecular formula is C8H16O2S. The maximum absolute atomic E-state index is 10.9. The molecule has 0 saturated carbocycles. The number of esters is 1. The van der Waals surface area contributed by atoms with Gasteiger partial charge >= 0.3 is 5.97 Å². The molecule has 0 atom stereocenters. The van der Waals surface area contributed by atoms with Gasteiger partial charge in [0.15, 0.2) is 0 Å². The number of carbonyl (C=O) groups is 1. The maximum atomic E-state index is 10.9. The Hall–Kier alpha value is -0.180. The van der Waals surface area contributed by atoms with Crippen LogP contribution in [0.25, 0.3) is 0 Å². The van der Waals surface area contributed by atoms with Crippen molar-refractivity contribution in [3.8, 4) is 0 Å². The van der Waals surface area contributed by atoms with Gasteiger partial charge in [0.2, 0.25) is 0 Å². The molecule has 0 spiro atoms. The number of hydrogen-bond acceptors (Lipinski definition) is 3. The highest BCUT2D eigenvalue weighted by Crippen LogP contribution is 1.99. The van der Waals surface area contributed by atoms with Gasteiger partial charge in [-0.15, -0.1) is 0 Å². The van der Waals surface area contributed by atoms with Crippen molar-refractivity contribution in [2.24, 2.45) is 5.92 Å². The lowest BCUT2D eigenvalue weighted by molar-refractivity contribution is -0.147. The number of hydrogen-bond donors (Lipinski definition) is 0. The molecule has 0 fully saturated rings. The molecule has 11 heavy (non-hydrogen) atoms. The monoisotopic (exact) mass is 176 g/mol. The van der Waals surface area contributed by atoms with E-state index in [4.69, 9.17) is 4.74 Å². The van der Waals surface area contributed by atoms with Crippen LogP contribution < -0.4 is 0 Å². The van der Waals surface area contributed by atoms with E-state index in [0.29, 0.717) is 6.61 Å². The molecule has 0 aromatic heterocycles. The zero-order valence-electron chi connectivity index (χ0n) is 7.42. The predicted molar refractivity (Wildman–Crippen MR) is 48.8 cm³/mol. The summed E-state index contributed by atoms with van der Waals surface area (Å²) in [5.74, 6) is 0.973. The average Bonchev–Trinajstić information content (AvgIpc) is 1.97. The molecule has 0 aliphatic rings. The van der Waals surface area contributed by atoms with Crippen molar-refractivity contribution in [1.29, 1.82) is 0 Å². The summed E-state index contributed by atoms with van der Waals surface area (Å²) in [5.41, 5.74) is 0. The number of ether oxygens (including phenoxy) is 1. The first-order chi connectivity index (χ1) is 5.18. The molecule has 0 rings (SSSR count). The maximum Gasteiger partial charge on any atom is 0.308 e. The molecule has 0 saturated heterocycles. The molecule has 0 amide bonds. The van der Waals surface area contributed by atoms with Gasteiger partial charge in [-0.3, -0.25) is 4.79 Å². The highest BCUT2D eigenvalue weighted by atomic mass is 32.2. The van der Waals surface area contributed by atoms with Crippen molar-refractivity contribution in [3.63, 3.8) is 0 Å². The fraction of sp³-hybridized carbons (Fsp3) is 0.875. The molecular weight excluding hydrogens is 160 g/mol. The largest absolute Gasteiger partial charge is 0.465 e. The number of carbonyl (C=O) groups excluding carboxylic acids is 1. The molecule has 0 aromatic rings. The van der Waals surface area contributed by atoms with Crippen LogP contribution in [0.3, 0.4) is 0 Å². The van der Waals surface area contributed by atoms with Crippen LogP contribution in [0.1, 0.15) is 20.3 Å². The van der Waals surface area contributed by atoms with E-state index in [0.717, 1.165) is 12.2 Å². The first kappa shape index (κ1) is 10.8. The Labute approximate surface area is 72.7 Å². The topological polar surface area (TPSA) is 26.3 Å². The second-order valence-electron chi connectivity index (χ2n) is 2.67. The van der Waals surface area contributed by atoms with Gasteiger partial charge in [0, 0.05) is 0 Å². The van der Waals surface area contributed by atoms with Gasteiger partial charge in [-0.05, 0) is 18.4 Å². The lowest BCUT2D eigenvalue weighted by Crippen LogP contribution is -2.12. The van der Waals surface area contributed by atoms with Crippen LogP contribution in [0.5, 0.6) is 0 Å². The van der Waals surface area contributed by atoms with Crippen LogP contribution in [-0.4, -0.2) is 24.6 Å². The molecule has 3 heteroatoms. The standard InChI is InChI=1S/C8H16O2S/c1-7(2)8(9)10-5-4-6-11-3/h7H,4-6H2,1-3H3. The second kappa shape index (κ2) is 6.53. The van der Waals surface area contributed by atoms with E-state index in [9.17, 15) is 4.79 Å². The van der Waals surface area contributed by atoms with Gasteiger partial charge in [-0.1, -0.05) is 13.8 Å². The highest BCUT2D eigenvalue weighted by molar-refractivity contribution is 7.98. The zero-order valence-corrected chi connectivity index (χ0v) is 8.24. The van der Waals surface area contributed by atoms with Gasteiger partial charge < -0.3 is 4.74 Å².